The van der Waals surface area contributed by atoms with Gasteiger partial charge in [0, 0.05) is 29.6 Å². The number of nitrogens with zero attached hydrogens (tertiary/aromatic N) is 2. The number of aromatic nitrogens is 2. The molecule has 1 atom stereocenters. The largest absolute Gasteiger partial charge is 0.465 e. The van der Waals surface area contributed by atoms with Crippen LogP contribution in [0.2, 0.25) is 0 Å². The lowest BCUT2D eigenvalue weighted by atomic mass is 9.83. The van der Waals surface area contributed by atoms with E-state index in [2.05, 4.69) is 10.3 Å². The van der Waals surface area contributed by atoms with Gasteiger partial charge in [0.1, 0.15) is 5.69 Å². The van der Waals surface area contributed by atoms with Crippen LogP contribution in [0.4, 0.5) is 22.4 Å². The van der Waals surface area contributed by atoms with Crippen molar-refractivity contribution in [1.29, 1.82) is 0 Å². The van der Waals surface area contributed by atoms with Gasteiger partial charge in [-0.1, -0.05) is 39.0 Å². The zero-order valence-corrected chi connectivity index (χ0v) is 19.8. The summed E-state index contributed by atoms with van der Waals surface area (Å²) in [5.41, 5.74) is -4.06. The highest BCUT2D eigenvalue weighted by Gasteiger charge is 2.39. The van der Waals surface area contributed by atoms with E-state index in [1.54, 1.807) is 26.8 Å². The molecule has 0 radical (unpaired) electrons. The number of carboxylic acid groups (broad SMARTS) is 1. The molecule has 12 heteroatoms. The number of benzene rings is 1. The van der Waals surface area contributed by atoms with Gasteiger partial charge in [0.25, 0.3) is 10.0 Å². The summed E-state index contributed by atoms with van der Waals surface area (Å²) in [6.07, 6.45) is -4.92. The zero-order valence-electron chi connectivity index (χ0n) is 19.0. The fourth-order valence-electron chi connectivity index (χ4n) is 3.55. The minimum absolute atomic E-state index is 0.267. The van der Waals surface area contributed by atoms with Crippen molar-refractivity contribution in [2.75, 3.05) is 0 Å². The average molecular weight is 514 g/mol. The van der Waals surface area contributed by atoms with Gasteiger partial charge in [0.05, 0.1) is 4.90 Å². The van der Waals surface area contributed by atoms with Gasteiger partial charge in [-0.05, 0) is 36.1 Å². The molecule has 2 heterocycles. The van der Waals surface area contributed by atoms with Gasteiger partial charge in [-0.3, -0.25) is 4.98 Å². The highest BCUT2D eigenvalue weighted by molar-refractivity contribution is 7.90. The number of nitrogens with one attached hydrogen (secondary N) is 1. The lowest BCUT2D eigenvalue weighted by molar-refractivity contribution is -0.140. The Hall–Kier alpha value is -3.41. The van der Waals surface area contributed by atoms with E-state index >= 15 is 4.39 Å². The quantitative estimate of drug-likeness (QED) is 0.443. The van der Waals surface area contributed by atoms with Crippen LogP contribution in [-0.2, 0) is 22.6 Å². The number of hydrogen-bond acceptors (Lipinski definition) is 4. The Bertz CT molecular complexity index is 1330. The van der Waals surface area contributed by atoms with Crippen molar-refractivity contribution >= 4 is 16.1 Å². The molecule has 2 N–H and O–H groups in total. The van der Waals surface area contributed by atoms with Crippen molar-refractivity contribution < 1.29 is 35.9 Å². The second-order valence-electron chi connectivity index (χ2n) is 8.90. The Morgan fingerprint density at radius 2 is 1.74 bits per heavy atom. The minimum atomic E-state index is -4.99. The smallest absolute Gasteiger partial charge is 0.434 e. The van der Waals surface area contributed by atoms with Crippen LogP contribution in [0.15, 0.2) is 59.8 Å². The number of hydrogen-bond donors (Lipinski definition) is 2. The molecule has 35 heavy (non-hydrogen) atoms. The van der Waals surface area contributed by atoms with Gasteiger partial charge in [-0.2, -0.15) is 13.2 Å². The fourth-order valence-corrected chi connectivity index (χ4v) is 4.96. The molecule has 1 amide bonds. The van der Waals surface area contributed by atoms with E-state index in [9.17, 15) is 31.5 Å². The normalized spacial score (nSPS) is 13.5. The third kappa shape index (κ3) is 5.47. The molecule has 1 aromatic carbocycles. The van der Waals surface area contributed by atoms with Gasteiger partial charge in [-0.25, -0.2) is 21.6 Å². The van der Waals surface area contributed by atoms with Gasteiger partial charge >= 0.3 is 12.3 Å². The highest BCUT2D eigenvalue weighted by atomic mass is 32.2. The summed E-state index contributed by atoms with van der Waals surface area (Å²) in [5.74, 6) is -1.22. The number of halogens is 4. The maximum Gasteiger partial charge on any atom is 0.434 e. The van der Waals surface area contributed by atoms with Gasteiger partial charge < -0.3 is 10.4 Å². The topological polar surface area (TPSA) is 101 Å². The molecule has 188 valence electrons. The predicted octanol–water partition coefficient (Wildman–Crippen LogP) is 5.17. The standard InChI is InChI=1S/C23H23F4N3O4S/c1-22(2,3)17(29-21(31)32)12-14-13-30(35(33,34)15-8-5-4-6-9-15)19(18(14)24)16-10-7-11-28-20(16)23(25,26)27/h4-11,13,17,29H,12H2,1-3H3,(H,31,32). The molecule has 3 rings (SSSR count). The van der Waals surface area contributed by atoms with E-state index in [0.717, 1.165) is 24.5 Å². The van der Waals surface area contributed by atoms with Crippen LogP contribution in [0, 0.1) is 11.2 Å². The molecule has 1 unspecified atom stereocenters. The van der Waals surface area contributed by atoms with Crippen molar-refractivity contribution in [1.82, 2.24) is 14.3 Å². The van der Waals surface area contributed by atoms with Crippen LogP contribution in [0.25, 0.3) is 11.3 Å². The minimum Gasteiger partial charge on any atom is -0.465 e. The molecule has 0 saturated carbocycles. The summed E-state index contributed by atoms with van der Waals surface area (Å²) in [7, 11) is -4.53. The van der Waals surface area contributed by atoms with Gasteiger partial charge in [0.15, 0.2) is 11.5 Å². The first-order valence-corrected chi connectivity index (χ1v) is 11.8. The lowest BCUT2D eigenvalue weighted by Gasteiger charge is -2.30. The van der Waals surface area contributed by atoms with Gasteiger partial charge in [0.2, 0.25) is 0 Å². The summed E-state index contributed by atoms with van der Waals surface area (Å²) >= 11 is 0. The molecule has 3 aromatic rings. The number of rotatable bonds is 6. The fraction of sp³-hybridized carbons (Fsp3) is 0.304. The summed E-state index contributed by atoms with van der Waals surface area (Å²) < 4.78 is 84.2. The molecule has 0 aliphatic heterocycles. The van der Waals surface area contributed by atoms with E-state index in [0.29, 0.717) is 3.97 Å². The van der Waals surface area contributed by atoms with Crippen LogP contribution in [0.3, 0.4) is 0 Å². The Labute approximate surface area is 199 Å². The van der Waals surface area contributed by atoms with Crippen LogP contribution in [0.5, 0.6) is 0 Å². The Morgan fingerprint density at radius 1 is 1.11 bits per heavy atom. The van der Waals surface area contributed by atoms with E-state index in [-0.39, 0.29) is 16.9 Å². The summed E-state index contributed by atoms with van der Waals surface area (Å²) in [4.78, 5) is 14.3. The third-order valence-corrected chi connectivity index (χ3v) is 7.06. The molecule has 0 fully saturated rings. The van der Waals surface area contributed by atoms with Crippen molar-refractivity contribution in [3.63, 3.8) is 0 Å². The van der Waals surface area contributed by atoms with E-state index in [1.807, 2.05) is 0 Å². The highest BCUT2D eigenvalue weighted by Crippen LogP contribution is 2.39. The Kier molecular flexibility index (Phi) is 6.98. The molecule has 0 aliphatic carbocycles. The first kappa shape index (κ1) is 26.2. The van der Waals surface area contributed by atoms with Crippen LogP contribution in [0.1, 0.15) is 32.0 Å². The zero-order chi connectivity index (χ0) is 26.2. The lowest BCUT2D eigenvalue weighted by Crippen LogP contribution is -2.44. The van der Waals surface area contributed by atoms with Crippen molar-refractivity contribution in [3.8, 4) is 11.3 Å². The summed E-state index contributed by atoms with van der Waals surface area (Å²) in [6, 6.07) is 8.05. The monoisotopic (exact) mass is 513 g/mol. The van der Waals surface area contributed by atoms with Crippen molar-refractivity contribution in [2.24, 2.45) is 5.41 Å². The molecular formula is C23H23F4N3O4S. The molecule has 2 aromatic heterocycles. The molecular weight excluding hydrogens is 490 g/mol. The molecule has 0 bridgehead atoms. The molecule has 7 nitrogen and oxygen atoms in total. The molecule has 0 saturated heterocycles. The maximum atomic E-state index is 15.8. The Morgan fingerprint density at radius 3 is 2.29 bits per heavy atom. The number of pyridine rings is 1. The predicted molar refractivity (Wildman–Crippen MR) is 120 cm³/mol. The second kappa shape index (κ2) is 9.33. The van der Waals surface area contributed by atoms with Crippen molar-refractivity contribution in [2.45, 2.75) is 44.3 Å². The van der Waals surface area contributed by atoms with Crippen molar-refractivity contribution in [3.05, 3.63) is 71.9 Å². The summed E-state index contributed by atoms with van der Waals surface area (Å²) in [6.45, 7) is 5.06. The first-order valence-electron chi connectivity index (χ1n) is 10.4. The maximum absolute atomic E-state index is 15.8. The third-order valence-electron chi connectivity index (χ3n) is 5.38. The van der Waals surface area contributed by atoms with Crippen LogP contribution < -0.4 is 5.32 Å². The van der Waals surface area contributed by atoms with Crippen LogP contribution >= 0.6 is 0 Å². The number of alkyl halides is 3. The summed E-state index contributed by atoms with van der Waals surface area (Å²) in [5, 5.41) is 11.5. The molecule has 0 aliphatic rings. The second-order valence-corrected chi connectivity index (χ2v) is 10.7. The van der Waals surface area contributed by atoms with E-state index < -0.39 is 56.5 Å². The number of carbonyl (C=O) groups is 1. The number of amides is 1. The van der Waals surface area contributed by atoms with Gasteiger partial charge in [-0.15, -0.1) is 0 Å². The van der Waals surface area contributed by atoms with E-state index in [1.165, 1.54) is 24.3 Å². The SMILES string of the molecule is CC(C)(C)C(Cc1cn(S(=O)(=O)c2ccccc2)c(-c2cccnc2C(F)(F)F)c1F)NC(=O)O. The Balaban J connectivity index is 2.31. The van der Waals surface area contributed by atoms with Crippen LogP contribution in [-0.4, -0.2) is 34.6 Å². The first-order chi connectivity index (χ1) is 16.1. The average Bonchev–Trinajstić information content (AvgIpc) is 3.09. The van der Waals surface area contributed by atoms with E-state index in [4.69, 9.17) is 0 Å². The molecule has 0 spiro atoms.